The fraction of sp³-hybridized carbons (Fsp3) is 0.562. The van der Waals surface area contributed by atoms with Crippen molar-refractivity contribution in [3.05, 3.63) is 24.3 Å². The fourth-order valence-corrected chi connectivity index (χ4v) is 2.84. The van der Waals surface area contributed by atoms with Crippen molar-refractivity contribution in [2.75, 3.05) is 32.1 Å². The van der Waals surface area contributed by atoms with Crippen molar-refractivity contribution in [1.29, 1.82) is 0 Å². The van der Waals surface area contributed by atoms with Gasteiger partial charge in [0.15, 0.2) is 0 Å². The van der Waals surface area contributed by atoms with Gasteiger partial charge in [-0.1, -0.05) is 12.1 Å². The van der Waals surface area contributed by atoms with E-state index in [1.165, 1.54) is 0 Å². The van der Waals surface area contributed by atoms with Crippen molar-refractivity contribution in [1.82, 2.24) is 10.2 Å². The van der Waals surface area contributed by atoms with Crippen molar-refractivity contribution in [2.45, 2.75) is 32.4 Å². The van der Waals surface area contributed by atoms with E-state index in [-0.39, 0.29) is 5.91 Å². The predicted molar refractivity (Wildman–Crippen MR) is 84.7 cm³/mol. The minimum atomic E-state index is 0.0262. The molecule has 0 saturated carbocycles. The molecule has 21 heavy (non-hydrogen) atoms. The summed E-state index contributed by atoms with van der Waals surface area (Å²) in [7, 11) is 1.61. The number of nitrogens with one attached hydrogen (secondary N) is 2. The lowest BCUT2D eigenvalue weighted by molar-refractivity contribution is -0.116. The Hall–Kier alpha value is -1.59. The molecule has 2 rings (SSSR count). The van der Waals surface area contributed by atoms with Gasteiger partial charge in [-0.3, -0.25) is 9.69 Å². The predicted octanol–water partition coefficient (Wildman–Crippen LogP) is 1.71. The van der Waals surface area contributed by atoms with Crippen molar-refractivity contribution in [3.63, 3.8) is 0 Å². The van der Waals surface area contributed by atoms with Gasteiger partial charge >= 0.3 is 0 Å². The highest BCUT2D eigenvalue weighted by Crippen LogP contribution is 2.23. The second-order valence-electron chi connectivity index (χ2n) is 5.73. The first kappa shape index (κ1) is 15.8. The largest absolute Gasteiger partial charge is 0.495 e. The van der Waals surface area contributed by atoms with Crippen LogP contribution in [0.5, 0.6) is 5.75 Å². The van der Waals surface area contributed by atoms with Crippen LogP contribution >= 0.6 is 0 Å². The summed E-state index contributed by atoms with van der Waals surface area (Å²) >= 11 is 0. The van der Waals surface area contributed by atoms with Crippen molar-refractivity contribution < 1.29 is 9.53 Å². The van der Waals surface area contributed by atoms with E-state index in [2.05, 4.69) is 29.4 Å². The molecule has 0 aromatic heterocycles. The molecule has 1 saturated heterocycles. The quantitative estimate of drug-likeness (QED) is 0.867. The Kier molecular flexibility index (Phi) is 5.59. The topological polar surface area (TPSA) is 53.6 Å². The summed E-state index contributed by atoms with van der Waals surface area (Å²) in [6.45, 7) is 7.13. The lowest BCUT2D eigenvalue weighted by atomic mass is 10.1. The molecule has 5 nitrogen and oxygen atoms in total. The zero-order valence-electron chi connectivity index (χ0n) is 13.1. The highest BCUT2D eigenvalue weighted by molar-refractivity contribution is 5.92. The van der Waals surface area contributed by atoms with Crippen LogP contribution in [0, 0.1) is 0 Å². The Morgan fingerprint density at radius 3 is 2.67 bits per heavy atom. The molecule has 1 heterocycles. The van der Waals surface area contributed by atoms with Crippen LogP contribution in [0.25, 0.3) is 0 Å². The van der Waals surface area contributed by atoms with Crippen molar-refractivity contribution >= 4 is 11.6 Å². The highest BCUT2D eigenvalue weighted by Gasteiger charge is 2.21. The van der Waals surface area contributed by atoms with Crippen LogP contribution in [0.2, 0.25) is 0 Å². The Bertz CT molecular complexity index is 468. The number of carbonyl (C=O) groups excluding carboxylic acids is 1. The van der Waals surface area contributed by atoms with Crippen LogP contribution in [0.4, 0.5) is 5.69 Å². The SMILES string of the molecule is COc1ccccc1NC(=O)CCN1CC(C)NC(C)C1. The molecule has 0 bridgehead atoms. The summed E-state index contributed by atoms with van der Waals surface area (Å²) in [6, 6.07) is 8.42. The van der Waals surface area contributed by atoms with E-state index >= 15 is 0 Å². The number of para-hydroxylation sites is 2. The number of carbonyl (C=O) groups is 1. The lowest BCUT2D eigenvalue weighted by Gasteiger charge is -2.36. The zero-order valence-corrected chi connectivity index (χ0v) is 13.1. The van der Waals surface area contributed by atoms with E-state index in [1.54, 1.807) is 7.11 Å². The molecule has 1 aromatic carbocycles. The normalized spacial score (nSPS) is 22.8. The summed E-state index contributed by atoms with van der Waals surface area (Å²) in [6.07, 6.45) is 0.498. The van der Waals surface area contributed by atoms with Gasteiger partial charge in [0.1, 0.15) is 5.75 Å². The zero-order chi connectivity index (χ0) is 15.2. The van der Waals surface area contributed by atoms with E-state index in [1.807, 2.05) is 24.3 Å². The van der Waals surface area contributed by atoms with Gasteiger partial charge in [-0.05, 0) is 26.0 Å². The van der Waals surface area contributed by atoms with Gasteiger partial charge in [0.05, 0.1) is 12.8 Å². The third-order valence-corrected chi connectivity index (χ3v) is 3.67. The number of ether oxygens (including phenoxy) is 1. The Morgan fingerprint density at radius 1 is 1.33 bits per heavy atom. The third-order valence-electron chi connectivity index (χ3n) is 3.67. The molecule has 1 aliphatic heterocycles. The molecule has 1 amide bonds. The molecule has 5 heteroatoms. The third kappa shape index (κ3) is 4.72. The lowest BCUT2D eigenvalue weighted by Crippen LogP contribution is -2.54. The summed E-state index contributed by atoms with van der Waals surface area (Å²) in [5, 5.41) is 6.41. The molecule has 0 spiro atoms. The highest BCUT2D eigenvalue weighted by atomic mass is 16.5. The van der Waals surface area contributed by atoms with E-state index < -0.39 is 0 Å². The maximum absolute atomic E-state index is 12.1. The molecular weight excluding hydrogens is 266 g/mol. The second kappa shape index (κ2) is 7.43. The first-order chi connectivity index (χ1) is 10.1. The number of hydrogen-bond acceptors (Lipinski definition) is 4. The van der Waals surface area contributed by atoms with Crippen molar-refractivity contribution in [3.8, 4) is 5.75 Å². The van der Waals surface area contributed by atoms with E-state index in [0.717, 1.165) is 25.3 Å². The molecule has 1 aliphatic rings. The van der Waals surface area contributed by atoms with Crippen LogP contribution < -0.4 is 15.4 Å². The average molecular weight is 291 g/mol. The molecule has 2 N–H and O–H groups in total. The molecule has 116 valence electrons. The molecule has 0 radical (unpaired) electrons. The van der Waals surface area contributed by atoms with Crippen LogP contribution in [0.3, 0.4) is 0 Å². The summed E-state index contributed by atoms with van der Waals surface area (Å²) in [4.78, 5) is 14.4. The number of anilines is 1. The average Bonchev–Trinajstić information content (AvgIpc) is 2.45. The number of hydrogen-bond donors (Lipinski definition) is 2. The first-order valence-corrected chi connectivity index (χ1v) is 7.49. The Balaban J connectivity index is 1.82. The van der Waals surface area contributed by atoms with Gasteiger partial charge in [0, 0.05) is 38.1 Å². The van der Waals surface area contributed by atoms with Gasteiger partial charge in [-0.25, -0.2) is 0 Å². The smallest absolute Gasteiger partial charge is 0.225 e. The standard InChI is InChI=1S/C16H25N3O2/c1-12-10-19(11-13(2)17-12)9-8-16(20)18-14-6-4-5-7-15(14)21-3/h4-7,12-13,17H,8-11H2,1-3H3,(H,18,20). The maximum Gasteiger partial charge on any atom is 0.225 e. The number of methoxy groups -OCH3 is 1. The first-order valence-electron chi connectivity index (χ1n) is 7.49. The van der Waals surface area contributed by atoms with Gasteiger partial charge in [0.2, 0.25) is 5.91 Å². The van der Waals surface area contributed by atoms with Crippen LogP contribution in [-0.4, -0.2) is 49.6 Å². The number of piperazine rings is 1. The van der Waals surface area contributed by atoms with Gasteiger partial charge in [-0.2, -0.15) is 0 Å². The number of benzene rings is 1. The number of rotatable bonds is 5. The van der Waals surface area contributed by atoms with Crippen molar-refractivity contribution in [2.24, 2.45) is 0 Å². The molecule has 1 aromatic rings. The minimum absolute atomic E-state index is 0.0262. The van der Waals surface area contributed by atoms with Crippen LogP contribution in [-0.2, 0) is 4.79 Å². The second-order valence-corrected chi connectivity index (χ2v) is 5.73. The number of amides is 1. The number of nitrogens with zero attached hydrogens (tertiary/aromatic N) is 1. The van der Waals surface area contributed by atoms with Gasteiger partial charge in [0.25, 0.3) is 0 Å². The fourth-order valence-electron chi connectivity index (χ4n) is 2.84. The Labute approximate surface area is 126 Å². The maximum atomic E-state index is 12.1. The van der Waals surface area contributed by atoms with Crippen LogP contribution in [0.15, 0.2) is 24.3 Å². The molecule has 0 aliphatic carbocycles. The monoisotopic (exact) mass is 291 g/mol. The van der Waals surface area contributed by atoms with E-state index in [0.29, 0.717) is 24.3 Å². The van der Waals surface area contributed by atoms with E-state index in [4.69, 9.17) is 4.74 Å². The Morgan fingerprint density at radius 2 is 2.00 bits per heavy atom. The minimum Gasteiger partial charge on any atom is -0.495 e. The summed E-state index contributed by atoms with van der Waals surface area (Å²) < 4.78 is 5.24. The summed E-state index contributed by atoms with van der Waals surface area (Å²) in [5.74, 6) is 0.716. The van der Waals surface area contributed by atoms with Gasteiger partial charge in [-0.15, -0.1) is 0 Å². The molecule has 2 unspecified atom stereocenters. The molecular formula is C16H25N3O2. The van der Waals surface area contributed by atoms with E-state index in [9.17, 15) is 4.79 Å². The summed E-state index contributed by atoms with van der Waals surface area (Å²) in [5.41, 5.74) is 0.729. The van der Waals surface area contributed by atoms with Gasteiger partial charge < -0.3 is 15.4 Å². The molecule has 2 atom stereocenters. The molecule has 1 fully saturated rings. The van der Waals surface area contributed by atoms with Crippen LogP contribution in [0.1, 0.15) is 20.3 Å².